The lowest BCUT2D eigenvalue weighted by molar-refractivity contribution is 0.398. The molecule has 5 nitrogen and oxygen atoms in total. The molecule has 0 fully saturated rings. The maximum atomic E-state index is 5.06. The summed E-state index contributed by atoms with van der Waals surface area (Å²) in [6.07, 6.45) is 2.64. The average Bonchev–Trinajstić information content (AvgIpc) is 2.47. The summed E-state index contributed by atoms with van der Waals surface area (Å²) >= 11 is 0. The van der Waals surface area contributed by atoms with Crippen LogP contribution in [-0.4, -0.2) is 28.6 Å². The summed E-state index contributed by atoms with van der Waals surface area (Å²) in [5, 5.41) is 3.30. The SMILES string of the molecule is CCNc1nc(-c2ccc(OC)nc2)nc(C)c1CC. The van der Waals surface area contributed by atoms with E-state index in [4.69, 9.17) is 4.74 Å². The molecule has 20 heavy (non-hydrogen) atoms. The van der Waals surface area contributed by atoms with Crippen LogP contribution in [0, 0.1) is 6.92 Å². The van der Waals surface area contributed by atoms with Crippen molar-refractivity contribution in [3.63, 3.8) is 0 Å². The third kappa shape index (κ3) is 2.87. The van der Waals surface area contributed by atoms with E-state index in [2.05, 4.69) is 34.1 Å². The molecular formula is C15H20N4O. The molecule has 2 aromatic rings. The van der Waals surface area contributed by atoms with E-state index in [1.165, 1.54) is 0 Å². The Morgan fingerprint density at radius 2 is 2.00 bits per heavy atom. The van der Waals surface area contributed by atoms with Crippen LogP contribution in [0.2, 0.25) is 0 Å². The van der Waals surface area contributed by atoms with Gasteiger partial charge in [-0.2, -0.15) is 0 Å². The molecule has 106 valence electrons. The highest BCUT2D eigenvalue weighted by molar-refractivity contribution is 5.59. The van der Waals surface area contributed by atoms with Crippen LogP contribution in [0.4, 0.5) is 5.82 Å². The molecule has 0 radical (unpaired) electrons. The van der Waals surface area contributed by atoms with E-state index >= 15 is 0 Å². The molecule has 0 aromatic carbocycles. The molecule has 2 rings (SSSR count). The van der Waals surface area contributed by atoms with Crippen LogP contribution in [-0.2, 0) is 6.42 Å². The summed E-state index contributed by atoms with van der Waals surface area (Å²) in [5.41, 5.74) is 3.05. The van der Waals surface area contributed by atoms with Crippen LogP contribution in [0.1, 0.15) is 25.1 Å². The fraction of sp³-hybridized carbons (Fsp3) is 0.400. The fourth-order valence-electron chi connectivity index (χ4n) is 2.10. The Kier molecular flexibility index (Phi) is 4.50. The van der Waals surface area contributed by atoms with Crippen molar-refractivity contribution in [2.24, 2.45) is 0 Å². The number of aryl methyl sites for hydroxylation is 1. The van der Waals surface area contributed by atoms with Gasteiger partial charge in [-0.25, -0.2) is 15.0 Å². The minimum Gasteiger partial charge on any atom is -0.481 e. The van der Waals surface area contributed by atoms with Crippen LogP contribution in [0.25, 0.3) is 11.4 Å². The van der Waals surface area contributed by atoms with Gasteiger partial charge in [-0.05, 0) is 26.3 Å². The van der Waals surface area contributed by atoms with E-state index in [1.54, 1.807) is 13.3 Å². The Hall–Kier alpha value is -2.17. The normalized spacial score (nSPS) is 10.4. The quantitative estimate of drug-likeness (QED) is 0.907. The molecule has 0 aliphatic carbocycles. The van der Waals surface area contributed by atoms with Crippen LogP contribution in [0.5, 0.6) is 5.88 Å². The lowest BCUT2D eigenvalue weighted by atomic mass is 10.1. The smallest absolute Gasteiger partial charge is 0.212 e. The van der Waals surface area contributed by atoms with Gasteiger partial charge < -0.3 is 10.1 Å². The number of aromatic nitrogens is 3. The standard InChI is InChI=1S/C15H20N4O/c1-5-12-10(3)18-14(19-15(12)16-6-2)11-7-8-13(20-4)17-9-11/h7-9H,5-6H2,1-4H3,(H,16,18,19). The van der Waals surface area contributed by atoms with Crippen LogP contribution in [0.3, 0.4) is 0 Å². The molecule has 0 saturated heterocycles. The average molecular weight is 272 g/mol. The number of methoxy groups -OCH3 is 1. The fourth-order valence-corrected chi connectivity index (χ4v) is 2.10. The zero-order valence-electron chi connectivity index (χ0n) is 12.4. The van der Waals surface area contributed by atoms with Gasteiger partial charge in [0.1, 0.15) is 5.82 Å². The van der Waals surface area contributed by atoms with E-state index in [9.17, 15) is 0 Å². The summed E-state index contributed by atoms with van der Waals surface area (Å²) in [7, 11) is 1.60. The first kappa shape index (κ1) is 14.2. The predicted octanol–water partition coefficient (Wildman–Crippen LogP) is 2.85. The van der Waals surface area contributed by atoms with E-state index < -0.39 is 0 Å². The van der Waals surface area contributed by atoms with E-state index in [1.807, 2.05) is 19.1 Å². The minimum atomic E-state index is 0.586. The van der Waals surface area contributed by atoms with Crippen molar-refractivity contribution >= 4 is 5.82 Å². The van der Waals surface area contributed by atoms with E-state index in [-0.39, 0.29) is 0 Å². The van der Waals surface area contributed by atoms with Gasteiger partial charge in [-0.15, -0.1) is 0 Å². The van der Waals surface area contributed by atoms with Crippen molar-refractivity contribution in [3.05, 3.63) is 29.6 Å². The molecule has 5 heteroatoms. The Bertz CT molecular complexity index is 581. The molecule has 0 aliphatic heterocycles. The second-order valence-corrected chi connectivity index (χ2v) is 4.43. The summed E-state index contributed by atoms with van der Waals surface area (Å²) in [6.45, 7) is 7.03. The first-order valence-electron chi connectivity index (χ1n) is 6.81. The van der Waals surface area contributed by atoms with Crippen LogP contribution >= 0.6 is 0 Å². The Labute approximate surface area is 119 Å². The molecule has 2 aromatic heterocycles. The minimum absolute atomic E-state index is 0.586. The van der Waals surface area contributed by atoms with Gasteiger partial charge in [-0.3, -0.25) is 0 Å². The van der Waals surface area contributed by atoms with Gasteiger partial charge in [0, 0.05) is 35.6 Å². The summed E-state index contributed by atoms with van der Waals surface area (Å²) in [5.74, 6) is 2.18. The van der Waals surface area contributed by atoms with E-state index in [0.717, 1.165) is 35.6 Å². The molecule has 0 aliphatic rings. The maximum Gasteiger partial charge on any atom is 0.212 e. The maximum absolute atomic E-state index is 5.06. The number of ether oxygens (including phenoxy) is 1. The van der Waals surface area contributed by atoms with Crippen LogP contribution in [0.15, 0.2) is 18.3 Å². The van der Waals surface area contributed by atoms with Gasteiger partial charge in [-0.1, -0.05) is 6.92 Å². The molecule has 0 atom stereocenters. The first-order valence-corrected chi connectivity index (χ1v) is 6.81. The van der Waals surface area contributed by atoms with Crippen LogP contribution < -0.4 is 10.1 Å². The highest BCUT2D eigenvalue weighted by Gasteiger charge is 2.11. The molecule has 0 saturated carbocycles. The van der Waals surface area contributed by atoms with Crippen molar-refractivity contribution in [3.8, 4) is 17.3 Å². The Morgan fingerprint density at radius 3 is 2.55 bits per heavy atom. The number of rotatable bonds is 5. The highest BCUT2D eigenvalue weighted by atomic mass is 16.5. The van der Waals surface area contributed by atoms with Crippen molar-refractivity contribution in [1.82, 2.24) is 15.0 Å². The molecule has 2 heterocycles. The molecule has 0 bridgehead atoms. The highest BCUT2D eigenvalue weighted by Crippen LogP contribution is 2.23. The molecule has 1 N–H and O–H groups in total. The lowest BCUT2D eigenvalue weighted by Crippen LogP contribution is -2.08. The van der Waals surface area contributed by atoms with Gasteiger partial charge in [0.25, 0.3) is 0 Å². The van der Waals surface area contributed by atoms with Gasteiger partial charge in [0.15, 0.2) is 5.82 Å². The molecule has 0 amide bonds. The van der Waals surface area contributed by atoms with Crippen molar-refractivity contribution in [2.45, 2.75) is 27.2 Å². The van der Waals surface area contributed by atoms with Crippen molar-refractivity contribution in [2.75, 3.05) is 19.0 Å². The number of hydrogen-bond acceptors (Lipinski definition) is 5. The largest absolute Gasteiger partial charge is 0.481 e. The Balaban J connectivity index is 2.45. The monoisotopic (exact) mass is 272 g/mol. The third-order valence-corrected chi connectivity index (χ3v) is 3.12. The van der Waals surface area contributed by atoms with Crippen molar-refractivity contribution in [1.29, 1.82) is 0 Å². The zero-order chi connectivity index (χ0) is 14.5. The molecule has 0 spiro atoms. The number of nitrogens with one attached hydrogen (secondary N) is 1. The van der Waals surface area contributed by atoms with Gasteiger partial charge >= 0.3 is 0 Å². The summed E-state index contributed by atoms with van der Waals surface area (Å²) in [4.78, 5) is 13.4. The number of pyridine rings is 1. The second-order valence-electron chi connectivity index (χ2n) is 4.43. The number of hydrogen-bond donors (Lipinski definition) is 1. The van der Waals surface area contributed by atoms with Crippen molar-refractivity contribution < 1.29 is 4.74 Å². The van der Waals surface area contributed by atoms with Gasteiger partial charge in [0.05, 0.1) is 7.11 Å². The third-order valence-electron chi connectivity index (χ3n) is 3.12. The van der Waals surface area contributed by atoms with E-state index in [0.29, 0.717) is 11.7 Å². The topological polar surface area (TPSA) is 59.9 Å². The predicted molar refractivity (Wildman–Crippen MR) is 80.1 cm³/mol. The lowest BCUT2D eigenvalue weighted by Gasteiger charge is -2.12. The molecule has 0 unspecified atom stereocenters. The number of anilines is 1. The number of nitrogens with zero attached hydrogens (tertiary/aromatic N) is 3. The molecular weight excluding hydrogens is 252 g/mol. The Morgan fingerprint density at radius 1 is 1.20 bits per heavy atom. The van der Waals surface area contributed by atoms with Gasteiger partial charge in [0.2, 0.25) is 5.88 Å². The second kappa shape index (κ2) is 6.32. The first-order chi connectivity index (χ1) is 9.69. The summed E-state index contributed by atoms with van der Waals surface area (Å²) < 4.78 is 5.06. The zero-order valence-corrected chi connectivity index (χ0v) is 12.4. The summed E-state index contributed by atoms with van der Waals surface area (Å²) in [6, 6.07) is 3.73.